The van der Waals surface area contributed by atoms with Gasteiger partial charge in [-0.05, 0) is 109 Å². The van der Waals surface area contributed by atoms with Gasteiger partial charge in [0.15, 0.2) is 6.10 Å². The van der Waals surface area contributed by atoms with Crippen molar-refractivity contribution in [3.63, 3.8) is 0 Å². The number of hydrogen-bond donors (Lipinski definition) is 0. The van der Waals surface area contributed by atoms with Crippen LogP contribution < -0.4 is 0 Å². The van der Waals surface area contributed by atoms with Crippen LogP contribution in [0.1, 0.15) is 278 Å². The highest BCUT2D eigenvalue weighted by Crippen LogP contribution is 2.16. The first kappa shape index (κ1) is 72.5. The second-order valence-electron chi connectivity index (χ2n) is 20.6. The zero-order chi connectivity index (χ0) is 55.7. The van der Waals surface area contributed by atoms with Gasteiger partial charge >= 0.3 is 17.9 Å². The Morgan fingerprint density at radius 2 is 0.519 bits per heavy atom. The molecular weight excluding hydrogens is 949 g/mol. The summed E-state index contributed by atoms with van der Waals surface area (Å²) in [6, 6.07) is 0. The number of ether oxygens (including phenoxy) is 3. The third-order valence-electron chi connectivity index (χ3n) is 13.2. The van der Waals surface area contributed by atoms with Gasteiger partial charge < -0.3 is 14.2 Å². The van der Waals surface area contributed by atoms with Crippen LogP contribution in [0.2, 0.25) is 0 Å². The molecule has 0 rings (SSSR count). The number of hydrogen-bond acceptors (Lipinski definition) is 6. The fourth-order valence-electron chi connectivity index (χ4n) is 8.48. The van der Waals surface area contributed by atoms with E-state index in [1.165, 1.54) is 116 Å². The minimum atomic E-state index is -0.808. The molecule has 0 saturated heterocycles. The molecule has 0 N–H and O–H groups in total. The van der Waals surface area contributed by atoms with Crippen LogP contribution in [0.4, 0.5) is 0 Å². The molecule has 77 heavy (non-hydrogen) atoms. The van der Waals surface area contributed by atoms with E-state index in [1.807, 2.05) is 0 Å². The molecule has 0 saturated carbocycles. The van der Waals surface area contributed by atoms with Crippen LogP contribution in [-0.4, -0.2) is 37.2 Å². The summed E-state index contributed by atoms with van der Waals surface area (Å²) in [7, 11) is 0. The maximum atomic E-state index is 12.8. The van der Waals surface area contributed by atoms with Crippen LogP contribution in [0.3, 0.4) is 0 Å². The molecule has 6 nitrogen and oxygen atoms in total. The van der Waals surface area contributed by atoms with Gasteiger partial charge in [-0.3, -0.25) is 14.4 Å². The molecule has 0 aliphatic rings. The van der Waals surface area contributed by atoms with Gasteiger partial charge in [-0.2, -0.15) is 0 Å². The number of rotatable bonds is 56. The van der Waals surface area contributed by atoms with Crippen molar-refractivity contribution in [3.05, 3.63) is 134 Å². The Kier molecular flexibility index (Phi) is 60.4. The number of esters is 3. The van der Waals surface area contributed by atoms with E-state index in [1.54, 1.807) is 0 Å². The number of allylic oxidation sites excluding steroid dienone is 22. The van der Waals surface area contributed by atoms with Gasteiger partial charge in [-0.25, -0.2) is 0 Å². The number of unbranched alkanes of at least 4 members (excludes halogenated alkanes) is 23. The highest BCUT2D eigenvalue weighted by atomic mass is 16.6. The fraction of sp³-hybridized carbons (Fsp3) is 0.648. The lowest BCUT2D eigenvalue weighted by Crippen LogP contribution is -2.30. The Hall–Kier alpha value is -4.45. The summed E-state index contributed by atoms with van der Waals surface area (Å²) < 4.78 is 16.8. The monoisotopic (exact) mass is 1060 g/mol. The first-order valence-corrected chi connectivity index (χ1v) is 31.7. The SMILES string of the molecule is CC/C=C\C/C=C\C/C=C\C/C=C\C/C=C\C/C=C\CCCCCCCCCCCCCCCCC(=O)OCC(COC(=O)CCCCCCCCCCC)OC(=O)CCC/C=C\C/C=C\C/C=C\C/C=C\C/C=C\CC. The summed E-state index contributed by atoms with van der Waals surface area (Å²) in [5.74, 6) is -0.962. The molecule has 436 valence electrons. The number of carbonyl (C=O) groups is 3. The summed E-state index contributed by atoms with van der Waals surface area (Å²) >= 11 is 0. The maximum Gasteiger partial charge on any atom is 0.306 e. The molecule has 0 radical (unpaired) electrons. The molecule has 6 heteroatoms. The zero-order valence-electron chi connectivity index (χ0n) is 49.9. The van der Waals surface area contributed by atoms with Crippen molar-refractivity contribution in [1.29, 1.82) is 0 Å². The lowest BCUT2D eigenvalue weighted by Gasteiger charge is -2.18. The summed E-state index contributed by atoms with van der Waals surface area (Å²) in [6.07, 6.45) is 90.6. The average molecular weight is 1070 g/mol. The van der Waals surface area contributed by atoms with Gasteiger partial charge in [0.25, 0.3) is 0 Å². The summed E-state index contributed by atoms with van der Waals surface area (Å²) in [6.45, 7) is 6.35. The molecular formula is C71H116O6. The van der Waals surface area contributed by atoms with E-state index in [4.69, 9.17) is 14.2 Å². The van der Waals surface area contributed by atoms with Crippen molar-refractivity contribution in [2.75, 3.05) is 13.2 Å². The molecule has 0 fully saturated rings. The van der Waals surface area contributed by atoms with Gasteiger partial charge in [-0.15, -0.1) is 0 Å². The largest absolute Gasteiger partial charge is 0.462 e. The summed E-state index contributed by atoms with van der Waals surface area (Å²) in [4.78, 5) is 38.1. The van der Waals surface area contributed by atoms with E-state index >= 15 is 0 Å². The minimum absolute atomic E-state index is 0.101. The van der Waals surface area contributed by atoms with Gasteiger partial charge in [0.1, 0.15) is 13.2 Å². The smallest absolute Gasteiger partial charge is 0.306 e. The third-order valence-corrected chi connectivity index (χ3v) is 13.2. The molecule has 0 bridgehead atoms. The van der Waals surface area contributed by atoms with Crippen LogP contribution in [0.15, 0.2) is 134 Å². The van der Waals surface area contributed by atoms with Crippen LogP contribution in [-0.2, 0) is 28.6 Å². The number of carbonyl (C=O) groups excluding carboxylic acids is 3. The first-order valence-electron chi connectivity index (χ1n) is 31.7. The second-order valence-corrected chi connectivity index (χ2v) is 20.6. The molecule has 1 atom stereocenters. The molecule has 0 heterocycles. The lowest BCUT2D eigenvalue weighted by atomic mass is 10.0. The van der Waals surface area contributed by atoms with E-state index in [0.29, 0.717) is 19.3 Å². The third kappa shape index (κ3) is 62.3. The molecule has 1 unspecified atom stereocenters. The Labute approximate surface area is 475 Å². The first-order chi connectivity index (χ1) is 38.0. The molecule has 0 aliphatic heterocycles. The van der Waals surface area contributed by atoms with Crippen molar-refractivity contribution in [3.8, 4) is 0 Å². The van der Waals surface area contributed by atoms with Gasteiger partial charge in [0.05, 0.1) is 0 Å². The highest BCUT2D eigenvalue weighted by molar-refractivity contribution is 5.71. The fourth-order valence-corrected chi connectivity index (χ4v) is 8.48. The van der Waals surface area contributed by atoms with Gasteiger partial charge in [0.2, 0.25) is 0 Å². The van der Waals surface area contributed by atoms with E-state index in [0.717, 1.165) is 116 Å². The minimum Gasteiger partial charge on any atom is -0.462 e. The van der Waals surface area contributed by atoms with E-state index in [2.05, 4.69) is 154 Å². The van der Waals surface area contributed by atoms with Crippen molar-refractivity contribution in [1.82, 2.24) is 0 Å². The van der Waals surface area contributed by atoms with E-state index in [9.17, 15) is 14.4 Å². The van der Waals surface area contributed by atoms with Crippen LogP contribution in [0.25, 0.3) is 0 Å². The average Bonchev–Trinajstić information content (AvgIpc) is 3.43. The summed E-state index contributed by atoms with van der Waals surface area (Å²) in [5, 5.41) is 0. The Bertz CT molecular complexity index is 1650. The molecule has 0 aromatic rings. The maximum absolute atomic E-state index is 12.8. The molecule has 0 aromatic carbocycles. The lowest BCUT2D eigenvalue weighted by molar-refractivity contribution is -0.167. The Morgan fingerprint density at radius 1 is 0.273 bits per heavy atom. The van der Waals surface area contributed by atoms with Gasteiger partial charge in [0, 0.05) is 19.3 Å². The van der Waals surface area contributed by atoms with Crippen molar-refractivity contribution >= 4 is 17.9 Å². The quantitative estimate of drug-likeness (QED) is 0.0261. The normalized spacial score (nSPS) is 13.0. The van der Waals surface area contributed by atoms with Crippen LogP contribution in [0, 0.1) is 0 Å². The predicted octanol–water partition coefficient (Wildman–Crippen LogP) is 21.8. The van der Waals surface area contributed by atoms with Crippen molar-refractivity contribution in [2.45, 2.75) is 284 Å². The van der Waals surface area contributed by atoms with Gasteiger partial charge in [-0.1, -0.05) is 283 Å². The van der Waals surface area contributed by atoms with E-state index < -0.39 is 6.10 Å². The topological polar surface area (TPSA) is 78.9 Å². The predicted molar refractivity (Wildman–Crippen MR) is 334 cm³/mol. The standard InChI is InChI=1S/C71H116O6/c1-4-7-10-13-16-19-21-23-25-27-28-29-30-31-32-33-34-35-36-37-38-39-40-41-42-44-45-47-49-52-55-58-61-64-70(73)76-67-68(66-75-69(72)63-60-57-54-51-18-15-12-9-6-3)77-71(74)65-62-59-56-53-50-48-46-43-26-24-22-20-17-14-11-8-5-2/h7-8,10-11,16-17,19-20,23-26,28-29,31-32,34-35,46,48,53,56,68H,4-6,9,12-15,18,21-22,27,30,33,36-45,47,49-52,54-55,57-67H2,1-3H3/b10-7-,11-8-,19-16-,20-17-,25-23-,26-24-,29-28-,32-31-,35-34-,48-46-,56-53-. The zero-order valence-corrected chi connectivity index (χ0v) is 49.9. The van der Waals surface area contributed by atoms with Crippen LogP contribution in [0.5, 0.6) is 0 Å². The Balaban J connectivity index is 4.19. The molecule has 0 aliphatic carbocycles. The van der Waals surface area contributed by atoms with Crippen LogP contribution >= 0.6 is 0 Å². The molecule has 0 spiro atoms. The Morgan fingerprint density at radius 3 is 0.831 bits per heavy atom. The summed E-state index contributed by atoms with van der Waals surface area (Å²) in [5.41, 5.74) is 0. The molecule has 0 amide bonds. The highest BCUT2D eigenvalue weighted by Gasteiger charge is 2.19. The van der Waals surface area contributed by atoms with E-state index in [-0.39, 0.29) is 37.5 Å². The second kappa shape index (κ2) is 64.1. The molecule has 0 aromatic heterocycles. The van der Waals surface area contributed by atoms with Crippen molar-refractivity contribution < 1.29 is 28.6 Å². The van der Waals surface area contributed by atoms with Crippen molar-refractivity contribution in [2.24, 2.45) is 0 Å².